The number of rotatable bonds is 3. The maximum absolute atomic E-state index is 10.6. The van der Waals surface area contributed by atoms with Crippen molar-refractivity contribution in [3.8, 4) is 0 Å². The Hall–Kier alpha value is -2.72. The van der Waals surface area contributed by atoms with E-state index < -0.39 is 12.1 Å². The van der Waals surface area contributed by atoms with Crippen LogP contribution in [0.3, 0.4) is 0 Å². The number of carbonyl (C=O) groups is 1. The SMILES string of the molecule is O=C(O)C(F)(F)F.c1ccc(CN2CCCC3(COCCN(c4cccnc4)C3)C2)nc1. The van der Waals surface area contributed by atoms with Gasteiger partial charge in [-0.3, -0.25) is 14.9 Å². The molecule has 0 radical (unpaired) electrons. The average Bonchev–Trinajstić information content (AvgIpc) is 2.97. The summed E-state index contributed by atoms with van der Waals surface area (Å²) in [4.78, 5) is 22.7. The average molecular weight is 452 g/mol. The van der Waals surface area contributed by atoms with Crippen LogP contribution >= 0.6 is 0 Å². The van der Waals surface area contributed by atoms with Gasteiger partial charge in [0, 0.05) is 44.0 Å². The molecule has 0 bridgehead atoms. The zero-order valence-corrected chi connectivity index (χ0v) is 17.7. The maximum atomic E-state index is 10.6. The third-order valence-corrected chi connectivity index (χ3v) is 5.55. The summed E-state index contributed by atoms with van der Waals surface area (Å²) < 4.78 is 37.8. The molecule has 10 heteroatoms. The molecular weight excluding hydrogens is 425 g/mol. The molecule has 0 aliphatic carbocycles. The molecule has 1 atom stereocenters. The number of ether oxygens (including phenoxy) is 1. The van der Waals surface area contributed by atoms with Crippen LogP contribution in [0.4, 0.5) is 18.9 Å². The first-order valence-electron chi connectivity index (χ1n) is 10.4. The minimum atomic E-state index is -5.08. The maximum Gasteiger partial charge on any atom is 0.490 e. The molecule has 2 fully saturated rings. The van der Waals surface area contributed by atoms with Crippen LogP contribution in [0.1, 0.15) is 18.5 Å². The molecule has 2 aromatic heterocycles. The molecule has 32 heavy (non-hydrogen) atoms. The summed E-state index contributed by atoms with van der Waals surface area (Å²) in [7, 11) is 0. The number of alkyl halides is 3. The van der Waals surface area contributed by atoms with Gasteiger partial charge in [0.1, 0.15) is 0 Å². The van der Waals surface area contributed by atoms with E-state index in [0.717, 1.165) is 51.6 Å². The number of nitrogens with zero attached hydrogens (tertiary/aromatic N) is 4. The van der Waals surface area contributed by atoms with Gasteiger partial charge in [-0.15, -0.1) is 0 Å². The number of anilines is 1. The number of aliphatic carboxylic acids is 1. The van der Waals surface area contributed by atoms with Crippen molar-refractivity contribution in [3.05, 3.63) is 54.6 Å². The van der Waals surface area contributed by atoms with Gasteiger partial charge in [0.25, 0.3) is 0 Å². The van der Waals surface area contributed by atoms with Gasteiger partial charge in [-0.25, -0.2) is 4.79 Å². The highest BCUT2D eigenvalue weighted by molar-refractivity contribution is 5.73. The molecule has 2 aromatic rings. The first kappa shape index (κ1) is 23.9. The zero-order valence-electron chi connectivity index (χ0n) is 17.7. The van der Waals surface area contributed by atoms with E-state index in [1.165, 1.54) is 18.5 Å². The minimum absolute atomic E-state index is 0.194. The summed E-state index contributed by atoms with van der Waals surface area (Å²) >= 11 is 0. The van der Waals surface area contributed by atoms with Crippen molar-refractivity contribution in [2.45, 2.75) is 25.6 Å². The topological polar surface area (TPSA) is 78.8 Å². The quantitative estimate of drug-likeness (QED) is 0.766. The van der Waals surface area contributed by atoms with Crippen LogP contribution in [0, 0.1) is 5.41 Å². The number of aromatic nitrogens is 2. The van der Waals surface area contributed by atoms with Gasteiger partial charge < -0.3 is 14.7 Å². The van der Waals surface area contributed by atoms with E-state index in [4.69, 9.17) is 14.6 Å². The fraction of sp³-hybridized carbons (Fsp3) is 0.500. The van der Waals surface area contributed by atoms with Crippen molar-refractivity contribution in [3.63, 3.8) is 0 Å². The van der Waals surface area contributed by atoms with Gasteiger partial charge in [-0.05, 0) is 43.7 Å². The summed E-state index contributed by atoms with van der Waals surface area (Å²) in [6, 6.07) is 10.3. The summed E-state index contributed by atoms with van der Waals surface area (Å²) in [6.07, 6.45) is 3.05. The van der Waals surface area contributed by atoms with Gasteiger partial charge in [0.15, 0.2) is 0 Å². The highest BCUT2D eigenvalue weighted by Crippen LogP contribution is 2.34. The Labute approximate surface area is 184 Å². The molecule has 4 heterocycles. The number of carboxylic acid groups (broad SMARTS) is 1. The number of halogens is 3. The summed E-state index contributed by atoms with van der Waals surface area (Å²) in [5.41, 5.74) is 2.55. The fourth-order valence-electron chi connectivity index (χ4n) is 4.17. The van der Waals surface area contributed by atoms with Crippen LogP contribution in [0.2, 0.25) is 0 Å². The highest BCUT2D eigenvalue weighted by atomic mass is 19.4. The van der Waals surface area contributed by atoms with E-state index in [-0.39, 0.29) is 5.41 Å². The van der Waals surface area contributed by atoms with Crippen LogP contribution < -0.4 is 4.90 Å². The molecule has 1 unspecified atom stereocenters. The number of likely N-dealkylation sites (tertiary alicyclic amines) is 1. The second-order valence-corrected chi connectivity index (χ2v) is 8.12. The monoisotopic (exact) mass is 452 g/mol. The third kappa shape index (κ3) is 6.89. The molecule has 2 saturated heterocycles. The molecular formula is C22H27F3N4O3. The standard InChI is InChI=1S/C20H26N4O.C2HF3O2/c1-2-9-22-18(5-1)14-23-10-4-7-20(15-23)16-24(11-12-25-17-20)19-6-3-8-21-13-19;3-2(4,5)1(6)7/h1-3,5-6,8-9,13H,4,7,10-12,14-17H2;(H,6,7). The second-order valence-electron chi connectivity index (χ2n) is 8.12. The minimum Gasteiger partial charge on any atom is -0.475 e. The van der Waals surface area contributed by atoms with Crippen LogP contribution in [0.25, 0.3) is 0 Å². The Balaban J connectivity index is 0.000000360. The van der Waals surface area contributed by atoms with E-state index in [0.29, 0.717) is 0 Å². The largest absolute Gasteiger partial charge is 0.490 e. The number of hydrogen-bond acceptors (Lipinski definition) is 6. The molecule has 2 aliphatic heterocycles. The molecule has 2 aliphatic rings. The lowest BCUT2D eigenvalue weighted by Crippen LogP contribution is -2.50. The van der Waals surface area contributed by atoms with E-state index in [1.807, 2.05) is 30.7 Å². The molecule has 4 rings (SSSR count). The highest BCUT2D eigenvalue weighted by Gasteiger charge is 2.39. The second kappa shape index (κ2) is 10.7. The molecule has 0 amide bonds. The van der Waals surface area contributed by atoms with E-state index in [9.17, 15) is 13.2 Å². The smallest absolute Gasteiger partial charge is 0.475 e. The Bertz CT molecular complexity index is 855. The first-order chi connectivity index (χ1) is 15.3. The van der Waals surface area contributed by atoms with E-state index in [2.05, 4.69) is 38.0 Å². The summed E-state index contributed by atoms with van der Waals surface area (Å²) in [5.74, 6) is -2.76. The van der Waals surface area contributed by atoms with Crippen molar-refractivity contribution >= 4 is 11.7 Å². The lowest BCUT2D eigenvalue weighted by Gasteiger charge is -2.43. The van der Waals surface area contributed by atoms with Crippen LogP contribution in [0.15, 0.2) is 48.9 Å². The normalized spacial score (nSPS) is 22.0. The van der Waals surface area contributed by atoms with Gasteiger partial charge in [0.05, 0.1) is 30.8 Å². The lowest BCUT2D eigenvalue weighted by molar-refractivity contribution is -0.192. The van der Waals surface area contributed by atoms with Crippen molar-refractivity contribution in [2.75, 3.05) is 44.3 Å². The Morgan fingerprint density at radius 1 is 1.16 bits per heavy atom. The predicted molar refractivity (Wildman–Crippen MR) is 112 cm³/mol. The van der Waals surface area contributed by atoms with Gasteiger partial charge in [-0.1, -0.05) is 6.07 Å². The van der Waals surface area contributed by atoms with Crippen molar-refractivity contribution in [2.24, 2.45) is 5.41 Å². The number of hydrogen-bond donors (Lipinski definition) is 1. The van der Waals surface area contributed by atoms with Crippen LogP contribution in [-0.4, -0.2) is 71.5 Å². The Morgan fingerprint density at radius 3 is 2.62 bits per heavy atom. The molecule has 1 N–H and O–H groups in total. The first-order valence-corrected chi connectivity index (χ1v) is 10.4. The summed E-state index contributed by atoms with van der Waals surface area (Å²) in [5, 5.41) is 7.12. The number of pyridine rings is 2. The predicted octanol–water partition coefficient (Wildman–Crippen LogP) is 3.23. The molecule has 7 nitrogen and oxygen atoms in total. The Morgan fingerprint density at radius 2 is 1.97 bits per heavy atom. The van der Waals surface area contributed by atoms with Crippen molar-refractivity contribution < 1.29 is 27.8 Å². The molecule has 1 spiro atoms. The Kier molecular flexibility index (Phi) is 8.03. The lowest BCUT2D eigenvalue weighted by atomic mass is 9.80. The van der Waals surface area contributed by atoms with Crippen LogP contribution in [-0.2, 0) is 16.1 Å². The number of carboxylic acids is 1. The zero-order chi connectivity index (χ0) is 23.0. The van der Waals surface area contributed by atoms with E-state index in [1.54, 1.807) is 0 Å². The van der Waals surface area contributed by atoms with Gasteiger partial charge in [0.2, 0.25) is 0 Å². The van der Waals surface area contributed by atoms with E-state index >= 15 is 0 Å². The van der Waals surface area contributed by atoms with Crippen LogP contribution in [0.5, 0.6) is 0 Å². The van der Waals surface area contributed by atoms with Crippen molar-refractivity contribution in [1.82, 2.24) is 14.9 Å². The van der Waals surface area contributed by atoms with Gasteiger partial charge in [-0.2, -0.15) is 13.2 Å². The molecule has 0 aromatic carbocycles. The summed E-state index contributed by atoms with van der Waals surface area (Å²) in [6.45, 7) is 6.76. The van der Waals surface area contributed by atoms with Crippen molar-refractivity contribution in [1.29, 1.82) is 0 Å². The third-order valence-electron chi connectivity index (χ3n) is 5.55. The fourth-order valence-corrected chi connectivity index (χ4v) is 4.17. The molecule has 0 saturated carbocycles. The van der Waals surface area contributed by atoms with Gasteiger partial charge >= 0.3 is 12.1 Å². The molecule has 174 valence electrons. The number of piperidine rings is 1.